The van der Waals surface area contributed by atoms with Gasteiger partial charge >= 0.3 is 11.7 Å². The van der Waals surface area contributed by atoms with E-state index in [9.17, 15) is 27.9 Å². The van der Waals surface area contributed by atoms with Gasteiger partial charge in [0.25, 0.3) is 5.91 Å². The molecule has 0 spiro atoms. The van der Waals surface area contributed by atoms with Crippen molar-refractivity contribution < 1.29 is 27.9 Å². The maximum absolute atomic E-state index is 13.0. The minimum absolute atomic E-state index is 0.0738. The summed E-state index contributed by atoms with van der Waals surface area (Å²) in [7, 11) is -3.06. The minimum Gasteiger partial charge on any atom is -0.496 e. The zero-order chi connectivity index (χ0) is 19.9. The summed E-state index contributed by atoms with van der Waals surface area (Å²) in [5.74, 6) is -2.18. The fraction of sp³-hybridized carbons (Fsp3) is 0.286. The summed E-state index contributed by atoms with van der Waals surface area (Å²) in [6.07, 6.45) is 0. The van der Waals surface area contributed by atoms with Gasteiger partial charge in [0.2, 0.25) is 10.0 Å². The number of methoxy groups -OCH3 is 1. The lowest BCUT2D eigenvalue weighted by Gasteiger charge is -2.31. The van der Waals surface area contributed by atoms with Gasteiger partial charge in [0.1, 0.15) is 17.6 Å². The first-order valence-electron chi connectivity index (χ1n) is 7.53. The molecule has 2 aromatic rings. The molecule has 0 saturated carbocycles. The van der Waals surface area contributed by atoms with E-state index >= 15 is 0 Å². The van der Waals surface area contributed by atoms with Crippen molar-refractivity contribution in [2.45, 2.75) is 24.0 Å². The zero-order valence-corrected chi connectivity index (χ0v) is 14.8. The first-order chi connectivity index (χ1) is 12.7. The molecule has 2 heterocycles. The molecule has 144 valence electrons. The number of nitrogens with two attached hydrogens (primary N) is 1. The maximum atomic E-state index is 13.0. The average molecular weight is 397 g/mol. The van der Waals surface area contributed by atoms with Crippen LogP contribution in [0.1, 0.15) is 16.2 Å². The van der Waals surface area contributed by atoms with E-state index in [4.69, 9.17) is 10.5 Å². The van der Waals surface area contributed by atoms with Crippen LogP contribution in [0.4, 0.5) is 0 Å². The Labute approximate surface area is 152 Å². The van der Waals surface area contributed by atoms with Crippen LogP contribution in [0.5, 0.6) is 5.75 Å². The normalized spacial score (nSPS) is 17.3. The number of ether oxygens (including phenoxy) is 1. The Morgan fingerprint density at radius 2 is 2.11 bits per heavy atom. The molecule has 0 bridgehead atoms. The average Bonchev–Trinajstić information content (AvgIpc) is 3.00. The molecule has 12 nitrogen and oxygen atoms in total. The highest BCUT2D eigenvalue weighted by molar-refractivity contribution is 7.89. The molecular formula is C14H15N5O7S. The number of aromatic nitrogens is 3. The molecule has 1 aliphatic heterocycles. The van der Waals surface area contributed by atoms with Crippen LogP contribution in [0.25, 0.3) is 0 Å². The Bertz CT molecular complexity index is 1090. The van der Waals surface area contributed by atoms with Gasteiger partial charge in [-0.3, -0.25) is 14.2 Å². The number of carboxylic acid groups (broad SMARTS) is 1. The second-order valence-corrected chi connectivity index (χ2v) is 7.58. The van der Waals surface area contributed by atoms with Crippen LogP contribution in [0.2, 0.25) is 0 Å². The third kappa shape index (κ3) is 3.06. The highest BCUT2D eigenvalue weighted by atomic mass is 32.2. The summed E-state index contributed by atoms with van der Waals surface area (Å²) >= 11 is 0. The van der Waals surface area contributed by atoms with Gasteiger partial charge < -0.3 is 15.6 Å². The first kappa shape index (κ1) is 18.6. The highest BCUT2D eigenvalue weighted by Gasteiger charge is 2.41. The van der Waals surface area contributed by atoms with E-state index in [1.54, 1.807) is 0 Å². The predicted octanol–water partition coefficient (Wildman–Crippen LogP) is -1.66. The standard InChI is InChI=1S/C14H15N5O7S/c1-26-10-3-2-7(4-8(10)12(15)20)27(24,25)19-6-11-16-17-14(23)18(11)5-9(19)13(21)22/h2-4,9H,5-6H2,1H3,(H2,15,20)(H,17,23)(H,21,22). The molecule has 1 atom stereocenters. The molecule has 27 heavy (non-hydrogen) atoms. The van der Waals surface area contributed by atoms with Crippen LogP contribution < -0.4 is 16.2 Å². The third-order valence-corrected chi connectivity index (χ3v) is 6.02. The van der Waals surface area contributed by atoms with Crippen molar-refractivity contribution in [1.82, 2.24) is 19.1 Å². The van der Waals surface area contributed by atoms with E-state index in [2.05, 4.69) is 10.2 Å². The number of fused-ring (bicyclic) bond motifs is 1. The van der Waals surface area contributed by atoms with Crippen LogP contribution in [0.3, 0.4) is 0 Å². The number of H-pyrrole nitrogens is 1. The Morgan fingerprint density at radius 3 is 2.70 bits per heavy atom. The summed E-state index contributed by atoms with van der Waals surface area (Å²) in [4.78, 5) is 34.5. The third-order valence-electron chi connectivity index (χ3n) is 4.17. The van der Waals surface area contributed by atoms with Crippen LogP contribution in [-0.2, 0) is 27.9 Å². The fourth-order valence-electron chi connectivity index (χ4n) is 2.80. The topological polar surface area (TPSA) is 178 Å². The van der Waals surface area contributed by atoms with E-state index in [-0.39, 0.29) is 22.0 Å². The quantitative estimate of drug-likeness (QED) is 0.536. The second-order valence-electron chi connectivity index (χ2n) is 5.69. The number of carbonyl (C=O) groups excluding carboxylic acids is 1. The Hall–Kier alpha value is -3.19. The number of carboxylic acids is 1. The van der Waals surface area contributed by atoms with Gasteiger partial charge in [0, 0.05) is 0 Å². The molecule has 0 saturated heterocycles. The SMILES string of the molecule is COc1ccc(S(=O)(=O)N2Cc3n[nH]c(=O)n3CC2C(=O)O)cc1C(N)=O. The first-order valence-corrected chi connectivity index (χ1v) is 8.97. The van der Waals surface area contributed by atoms with Crippen molar-refractivity contribution >= 4 is 21.9 Å². The van der Waals surface area contributed by atoms with Gasteiger partial charge in [0.15, 0.2) is 0 Å². The van der Waals surface area contributed by atoms with Crippen molar-refractivity contribution in [1.29, 1.82) is 0 Å². The number of rotatable bonds is 5. The number of hydrogen-bond acceptors (Lipinski definition) is 7. The second kappa shape index (κ2) is 6.51. The number of hydrogen-bond donors (Lipinski definition) is 3. The number of amides is 1. The lowest BCUT2D eigenvalue weighted by molar-refractivity contribution is -0.142. The summed E-state index contributed by atoms with van der Waals surface area (Å²) in [5, 5.41) is 15.3. The molecule has 4 N–H and O–H groups in total. The van der Waals surface area contributed by atoms with Crippen molar-refractivity contribution in [3.8, 4) is 5.75 Å². The van der Waals surface area contributed by atoms with E-state index in [1.807, 2.05) is 0 Å². The number of aromatic amines is 1. The summed E-state index contributed by atoms with van der Waals surface area (Å²) < 4.78 is 32.8. The number of benzene rings is 1. The summed E-state index contributed by atoms with van der Waals surface area (Å²) in [6, 6.07) is 1.90. The van der Waals surface area contributed by atoms with Crippen LogP contribution in [-0.4, -0.2) is 57.6 Å². The van der Waals surface area contributed by atoms with Crippen LogP contribution in [0.15, 0.2) is 27.9 Å². The molecule has 0 fully saturated rings. The monoisotopic (exact) mass is 397 g/mol. The van der Waals surface area contributed by atoms with Gasteiger partial charge in [0.05, 0.1) is 30.7 Å². The number of sulfonamides is 1. The van der Waals surface area contributed by atoms with Gasteiger partial charge in [-0.25, -0.2) is 18.3 Å². The molecule has 1 unspecified atom stereocenters. The Kier molecular flexibility index (Phi) is 4.49. The predicted molar refractivity (Wildman–Crippen MR) is 88.5 cm³/mol. The molecule has 1 amide bonds. The number of primary amides is 1. The summed E-state index contributed by atoms with van der Waals surface area (Å²) in [5.41, 5.74) is 4.45. The minimum atomic E-state index is -4.35. The molecule has 1 aliphatic rings. The van der Waals surface area contributed by atoms with Crippen LogP contribution >= 0.6 is 0 Å². The van der Waals surface area contributed by atoms with Gasteiger partial charge in [-0.1, -0.05) is 0 Å². The highest BCUT2D eigenvalue weighted by Crippen LogP contribution is 2.28. The fourth-order valence-corrected chi connectivity index (χ4v) is 4.36. The zero-order valence-electron chi connectivity index (χ0n) is 13.9. The molecule has 13 heteroatoms. The lowest BCUT2D eigenvalue weighted by atomic mass is 10.2. The Morgan fingerprint density at radius 1 is 1.41 bits per heavy atom. The van der Waals surface area contributed by atoms with Gasteiger partial charge in [-0.15, -0.1) is 0 Å². The molecule has 1 aromatic carbocycles. The molecule has 0 radical (unpaired) electrons. The van der Waals surface area contributed by atoms with Crippen molar-refractivity contribution in [2.24, 2.45) is 5.73 Å². The largest absolute Gasteiger partial charge is 0.496 e. The van der Waals surface area contributed by atoms with E-state index in [0.717, 1.165) is 10.6 Å². The molecule has 3 rings (SSSR count). The van der Waals surface area contributed by atoms with E-state index in [1.165, 1.54) is 19.2 Å². The van der Waals surface area contributed by atoms with Crippen molar-refractivity contribution in [3.05, 3.63) is 40.1 Å². The maximum Gasteiger partial charge on any atom is 0.343 e. The molecule has 1 aromatic heterocycles. The van der Waals surface area contributed by atoms with Crippen LogP contribution in [0, 0.1) is 0 Å². The van der Waals surface area contributed by atoms with Gasteiger partial charge in [-0.2, -0.15) is 9.40 Å². The van der Waals surface area contributed by atoms with E-state index in [0.29, 0.717) is 4.31 Å². The number of aliphatic carboxylic acids is 1. The van der Waals surface area contributed by atoms with Crippen molar-refractivity contribution in [3.63, 3.8) is 0 Å². The van der Waals surface area contributed by atoms with Crippen molar-refractivity contribution in [2.75, 3.05) is 7.11 Å². The van der Waals surface area contributed by atoms with Gasteiger partial charge in [-0.05, 0) is 18.2 Å². The summed E-state index contributed by atoms with van der Waals surface area (Å²) in [6.45, 7) is -0.839. The molecule has 0 aliphatic carbocycles. The van der Waals surface area contributed by atoms with E-state index < -0.39 is 46.7 Å². The molecular weight excluding hydrogens is 382 g/mol. The number of nitrogens with zero attached hydrogens (tertiary/aromatic N) is 3. The Balaban J connectivity index is 2.10. The lowest BCUT2D eigenvalue weighted by Crippen LogP contribution is -2.51. The smallest absolute Gasteiger partial charge is 0.343 e. The number of nitrogens with one attached hydrogen (secondary N) is 1. The number of carbonyl (C=O) groups is 2.